The van der Waals surface area contributed by atoms with Crippen molar-refractivity contribution in [1.29, 1.82) is 0 Å². The van der Waals surface area contributed by atoms with Crippen molar-refractivity contribution in [3.63, 3.8) is 0 Å². The van der Waals surface area contributed by atoms with Crippen LogP contribution in [0.5, 0.6) is 0 Å². The molecule has 1 N–H and O–H groups in total. The third-order valence-corrected chi connectivity index (χ3v) is 4.18. The van der Waals surface area contributed by atoms with Crippen LogP contribution in [0, 0.1) is 6.92 Å². The van der Waals surface area contributed by atoms with Crippen molar-refractivity contribution in [1.82, 2.24) is 15.1 Å². The van der Waals surface area contributed by atoms with Gasteiger partial charge in [-0.3, -0.25) is 0 Å². The SMILES string of the molecule is CNC(c1csc(C)c1)c1ccn(-c2ccccc2)n1. The lowest BCUT2D eigenvalue weighted by Gasteiger charge is -2.12. The largest absolute Gasteiger partial charge is 0.308 e. The summed E-state index contributed by atoms with van der Waals surface area (Å²) in [5, 5.41) is 10.2. The molecule has 3 aromatic rings. The maximum absolute atomic E-state index is 4.70. The summed E-state index contributed by atoms with van der Waals surface area (Å²) in [5.74, 6) is 0. The lowest BCUT2D eigenvalue weighted by molar-refractivity contribution is 0.659. The van der Waals surface area contributed by atoms with Crippen molar-refractivity contribution in [3.8, 4) is 5.69 Å². The molecule has 3 nitrogen and oxygen atoms in total. The molecule has 20 heavy (non-hydrogen) atoms. The van der Waals surface area contributed by atoms with Gasteiger partial charge in [0.2, 0.25) is 0 Å². The Kier molecular flexibility index (Phi) is 3.67. The van der Waals surface area contributed by atoms with Crippen LogP contribution in [0.3, 0.4) is 0 Å². The zero-order chi connectivity index (χ0) is 13.9. The molecule has 2 aromatic heterocycles. The Balaban J connectivity index is 1.92. The fourth-order valence-corrected chi connectivity index (χ4v) is 3.05. The molecule has 0 saturated carbocycles. The van der Waals surface area contributed by atoms with E-state index in [0.717, 1.165) is 11.4 Å². The lowest BCUT2D eigenvalue weighted by atomic mass is 10.1. The van der Waals surface area contributed by atoms with E-state index in [9.17, 15) is 0 Å². The topological polar surface area (TPSA) is 29.9 Å². The highest BCUT2D eigenvalue weighted by atomic mass is 32.1. The second-order valence-electron chi connectivity index (χ2n) is 4.73. The Morgan fingerprint density at radius 3 is 2.65 bits per heavy atom. The highest BCUT2D eigenvalue weighted by molar-refractivity contribution is 7.10. The Morgan fingerprint density at radius 1 is 1.20 bits per heavy atom. The van der Waals surface area contributed by atoms with E-state index in [2.05, 4.69) is 41.9 Å². The number of aryl methyl sites for hydroxylation is 1. The summed E-state index contributed by atoms with van der Waals surface area (Å²) in [5.41, 5.74) is 3.39. The number of thiophene rings is 1. The van der Waals surface area contributed by atoms with Crippen molar-refractivity contribution < 1.29 is 0 Å². The number of nitrogens with one attached hydrogen (secondary N) is 1. The summed E-state index contributed by atoms with van der Waals surface area (Å²) >= 11 is 1.77. The summed E-state index contributed by atoms with van der Waals surface area (Å²) in [4.78, 5) is 1.32. The molecule has 0 amide bonds. The Hall–Kier alpha value is -1.91. The van der Waals surface area contributed by atoms with Crippen molar-refractivity contribution in [3.05, 3.63) is 70.2 Å². The number of hydrogen-bond donors (Lipinski definition) is 1. The Bertz CT molecular complexity index is 685. The molecule has 0 saturated heterocycles. The fraction of sp³-hybridized carbons (Fsp3) is 0.188. The summed E-state index contributed by atoms with van der Waals surface area (Å²) in [6, 6.07) is 14.6. The zero-order valence-electron chi connectivity index (χ0n) is 11.6. The van der Waals surface area contributed by atoms with Gasteiger partial charge in [-0.25, -0.2) is 4.68 Å². The van der Waals surface area contributed by atoms with Crippen LogP contribution in [0.2, 0.25) is 0 Å². The molecule has 102 valence electrons. The van der Waals surface area contributed by atoms with Crippen LogP contribution in [0.25, 0.3) is 5.69 Å². The van der Waals surface area contributed by atoms with Crippen molar-refractivity contribution in [2.75, 3.05) is 7.05 Å². The third-order valence-electron chi connectivity index (χ3n) is 3.30. The van der Waals surface area contributed by atoms with Gasteiger partial charge in [-0.05, 0) is 49.2 Å². The average molecular weight is 283 g/mol. The van der Waals surface area contributed by atoms with E-state index < -0.39 is 0 Å². The predicted molar refractivity (Wildman–Crippen MR) is 83.5 cm³/mol. The number of hydrogen-bond acceptors (Lipinski definition) is 3. The molecule has 0 radical (unpaired) electrons. The summed E-state index contributed by atoms with van der Waals surface area (Å²) < 4.78 is 1.92. The predicted octanol–water partition coefficient (Wildman–Crippen LogP) is 3.55. The van der Waals surface area contributed by atoms with Crippen LogP contribution >= 0.6 is 11.3 Å². The molecule has 4 heteroatoms. The van der Waals surface area contributed by atoms with E-state index in [1.54, 1.807) is 11.3 Å². The van der Waals surface area contributed by atoms with Gasteiger partial charge in [0.1, 0.15) is 0 Å². The first kappa shape index (κ1) is 13.1. The molecular formula is C16H17N3S. The molecule has 0 spiro atoms. The third kappa shape index (κ3) is 2.53. The summed E-state index contributed by atoms with van der Waals surface area (Å²) in [6.45, 7) is 2.13. The highest BCUT2D eigenvalue weighted by Gasteiger charge is 2.16. The maximum atomic E-state index is 4.70. The fourth-order valence-electron chi connectivity index (χ4n) is 2.32. The van der Waals surface area contributed by atoms with Gasteiger partial charge in [0.15, 0.2) is 0 Å². The maximum Gasteiger partial charge on any atom is 0.0844 e. The average Bonchev–Trinajstić information content (AvgIpc) is 3.11. The minimum atomic E-state index is 0.143. The van der Waals surface area contributed by atoms with Gasteiger partial charge >= 0.3 is 0 Å². The van der Waals surface area contributed by atoms with Crippen molar-refractivity contribution >= 4 is 11.3 Å². The van der Waals surface area contributed by atoms with Gasteiger partial charge < -0.3 is 5.32 Å². The summed E-state index contributed by atoms with van der Waals surface area (Å²) in [6.07, 6.45) is 2.01. The zero-order valence-corrected chi connectivity index (χ0v) is 12.4. The van der Waals surface area contributed by atoms with Crippen molar-refractivity contribution in [2.24, 2.45) is 0 Å². The van der Waals surface area contributed by atoms with Gasteiger partial charge in [0.25, 0.3) is 0 Å². The van der Waals surface area contributed by atoms with Gasteiger partial charge in [0, 0.05) is 11.1 Å². The van der Waals surface area contributed by atoms with Crippen molar-refractivity contribution in [2.45, 2.75) is 13.0 Å². The van der Waals surface area contributed by atoms with Gasteiger partial charge in [-0.15, -0.1) is 11.3 Å². The normalized spacial score (nSPS) is 12.5. The first-order valence-corrected chi connectivity index (χ1v) is 7.49. The van der Waals surface area contributed by atoms with E-state index in [0.29, 0.717) is 0 Å². The van der Waals surface area contributed by atoms with E-state index in [1.807, 2.05) is 36.1 Å². The highest BCUT2D eigenvalue weighted by Crippen LogP contribution is 2.25. The molecular weight excluding hydrogens is 266 g/mol. The van der Waals surface area contributed by atoms with Crippen LogP contribution in [0.4, 0.5) is 0 Å². The van der Waals surface area contributed by atoms with Gasteiger partial charge in [-0.1, -0.05) is 18.2 Å². The quantitative estimate of drug-likeness (QED) is 0.793. The molecule has 0 bridgehead atoms. The standard InChI is InChI=1S/C16H17N3S/c1-12-10-13(11-20-12)16(17-2)15-8-9-19(18-15)14-6-4-3-5-7-14/h3-11,16-17H,1-2H3. The number of para-hydroxylation sites is 1. The first-order valence-electron chi connectivity index (χ1n) is 6.61. The molecule has 0 aliphatic rings. The van der Waals surface area contributed by atoms with E-state index in [-0.39, 0.29) is 6.04 Å². The molecule has 0 aliphatic carbocycles. The Labute approximate surface area is 122 Å². The first-order chi connectivity index (χ1) is 9.78. The minimum Gasteiger partial charge on any atom is -0.308 e. The van der Waals surface area contributed by atoms with Crippen LogP contribution in [-0.4, -0.2) is 16.8 Å². The second-order valence-corrected chi connectivity index (χ2v) is 5.85. The number of rotatable bonds is 4. The number of aromatic nitrogens is 2. The molecule has 1 atom stereocenters. The van der Waals surface area contributed by atoms with Crippen LogP contribution in [0.1, 0.15) is 22.2 Å². The minimum absolute atomic E-state index is 0.143. The molecule has 1 unspecified atom stereocenters. The van der Waals surface area contributed by atoms with Crippen LogP contribution in [0.15, 0.2) is 54.0 Å². The Morgan fingerprint density at radius 2 is 2.00 bits per heavy atom. The van der Waals surface area contributed by atoms with Crippen LogP contribution in [-0.2, 0) is 0 Å². The molecule has 2 heterocycles. The van der Waals surface area contributed by atoms with E-state index in [4.69, 9.17) is 5.10 Å². The number of nitrogens with zero attached hydrogens (tertiary/aromatic N) is 2. The monoisotopic (exact) mass is 283 g/mol. The number of benzene rings is 1. The molecule has 0 aliphatic heterocycles. The van der Waals surface area contributed by atoms with E-state index in [1.165, 1.54) is 10.4 Å². The van der Waals surface area contributed by atoms with Gasteiger partial charge in [0.05, 0.1) is 17.4 Å². The lowest BCUT2D eigenvalue weighted by Crippen LogP contribution is -2.17. The van der Waals surface area contributed by atoms with Crippen LogP contribution < -0.4 is 5.32 Å². The summed E-state index contributed by atoms with van der Waals surface area (Å²) in [7, 11) is 1.97. The molecule has 0 fully saturated rings. The smallest absolute Gasteiger partial charge is 0.0844 e. The molecule has 3 rings (SSSR count). The molecule has 1 aromatic carbocycles. The van der Waals surface area contributed by atoms with Gasteiger partial charge in [-0.2, -0.15) is 5.10 Å². The second kappa shape index (κ2) is 5.61. The van der Waals surface area contributed by atoms with E-state index >= 15 is 0 Å².